The van der Waals surface area contributed by atoms with Crippen LogP contribution in [-0.4, -0.2) is 0 Å². The predicted molar refractivity (Wildman–Crippen MR) is 77.1 cm³/mol. The largest absolute Gasteiger partial charge is 0.0752 e. The summed E-state index contributed by atoms with van der Waals surface area (Å²) < 4.78 is 0. The Balaban J connectivity index is 2.12. The van der Waals surface area contributed by atoms with Gasteiger partial charge in [0.1, 0.15) is 0 Å². The molecule has 1 aromatic carbocycles. The molecule has 0 fully saturated rings. The van der Waals surface area contributed by atoms with Gasteiger partial charge in [-0.3, -0.25) is 0 Å². The maximum atomic E-state index is 3.70. The van der Waals surface area contributed by atoms with Crippen LogP contribution < -0.4 is 0 Å². The van der Waals surface area contributed by atoms with E-state index in [2.05, 4.69) is 70.2 Å². The lowest BCUT2D eigenvalue weighted by Crippen LogP contribution is -2.21. The van der Waals surface area contributed by atoms with Crippen LogP contribution in [0.2, 0.25) is 0 Å². The van der Waals surface area contributed by atoms with Gasteiger partial charge in [0.15, 0.2) is 0 Å². The lowest BCUT2D eigenvalue weighted by atomic mass is 9.71. The molecule has 2 atom stereocenters. The van der Waals surface area contributed by atoms with Gasteiger partial charge in [0, 0.05) is 11.3 Å². The molecule has 0 saturated heterocycles. The van der Waals surface area contributed by atoms with Gasteiger partial charge in [-0.25, -0.2) is 0 Å². The minimum atomic E-state index is 0.0251. The third-order valence-electron chi connectivity index (χ3n) is 4.77. The molecular weight excluding hydrogens is 216 g/mol. The zero-order valence-corrected chi connectivity index (χ0v) is 11.5. The molecule has 2 aliphatic carbocycles. The standard InChI is InChI=1S/C18H19/c1-12-11-18(4,14(3)13(12)2)17-10-9-15-7-5-6-8-16(15)17/h5-10,17H,1-4H3. The van der Waals surface area contributed by atoms with Crippen molar-refractivity contribution in [2.45, 2.75) is 33.6 Å². The smallest absolute Gasteiger partial charge is 0.0246 e. The zero-order valence-electron chi connectivity index (χ0n) is 11.5. The Labute approximate surface area is 110 Å². The van der Waals surface area contributed by atoms with E-state index in [1.807, 2.05) is 0 Å². The maximum Gasteiger partial charge on any atom is 0.0246 e. The van der Waals surface area contributed by atoms with Crippen molar-refractivity contribution < 1.29 is 0 Å². The number of allylic oxidation sites excluding steroid dienone is 5. The molecule has 2 aliphatic rings. The summed E-state index contributed by atoms with van der Waals surface area (Å²) in [4.78, 5) is 0. The quantitative estimate of drug-likeness (QED) is 0.649. The highest BCUT2D eigenvalue weighted by Gasteiger charge is 2.40. The van der Waals surface area contributed by atoms with Gasteiger partial charge in [0.25, 0.3) is 0 Å². The van der Waals surface area contributed by atoms with Crippen molar-refractivity contribution in [2.24, 2.45) is 5.41 Å². The molecule has 0 saturated carbocycles. The Morgan fingerprint density at radius 1 is 1.11 bits per heavy atom. The van der Waals surface area contributed by atoms with Gasteiger partial charge in [-0.05, 0) is 49.1 Å². The molecule has 0 aromatic heterocycles. The fraction of sp³-hybridized carbons (Fsp3) is 0.333. The van der Waals surface area contributed by atoms with Gasteiger partial charge >= 0.3 is 0 Å². The van der Waals surface area contributed by atoms with E-state index >= 15 is 0 Å². The lowest BCUT2D eigenvalue weighted by molar-refractivity contribution is 0.451. The number of hydrogen-bond donors (Lipinski definition) is 0. The van der Waals surface area contributed by atoms with Crippen LogP contribution >= 0.6 is 0 Å². The van der Waals surface area contributed by atoms with Gasteiger partial charge in [-0.2, -0.15) is 0 Å². The fourth-order valence-corrected chi connectivity index (χ4v) is 3.31. The highest BCUT2D eigenvalue weighted by Crippen LogP contribution is 2.52. The summed E-state index contributed by atoms with van der Waals surface area (Å²) in [6, 6.07) is 8.71. The van der Waals surface area contributed by atoms with E-state index in [0.29, 0.717) is 5.92 Å². The second-order valence-electron chi connectivity index (χ2n) is 5.67. The number of benzene rings is 1. The Kier molecular flexibility index (Phi) is 2.38. The van der Waals surface area contributed by atoms with Crippen molar-refractivity contribution >= 4 is 6.08 Å². The first-order chi connectivity index (χ1) is 8.54. The first kappa shape index (κ1) is 11.5. The molecule has 91 valence electrons. The number of hydrogen-bond acceptors (Lipinski definition) is 0. The molecule has 0 aliphatic heterocycles. The minimum absolute atomic E-state index is 0.0251. The topological polar surface area (TPSA) is 0 Å². The maximum absolute atomic E-state index is 3.70. The van der Waals surface area contributed by atoms with Crippen molar-refractivity contribution in [3.05, 3.63) is 64.3 Å². The Morgan fingerprint density at radius 3 is 2.50 bits per heavy atom. The number of fused-ring (bicyclic) bond motifs is 1. The molecule has 3 rings (SSSR count). The van der Waals surface area contributed by atoms with Crippen molar-refractivity contribution in [2.75, 3.05) is 0 Å². The molecule has 1 radical (unpaired) electrons. The van der Waals surface area contributed by atoms with Crippen molar-refractivity contribution in [3.8, 4) is 0 Å². The third kappa shape index (κ3) is 1.38. The lowest BCUT2D eigenvalue weighted by Gasteiger charge is -2.31. The van der Waals surface area contributed by atoms with Crippen LogP contribution in [0, 0.1) is 11.5 Å². The summed E-state index contributed by atoms with van der Waals surface area (Å²) in [7, 11) is 0. The van der Waals surface area contributed by atoms with Crippen LogP contribution in [0.1, 0.15) is 44.7 Å². The molecule has 0 nitrogen and oxygen atoms in total. The van der Waals surface area contributed by atoms with Crippen LogP contribution in [0.15, 0.2) is 47.1 Å². The first-order valence-electron chi connectivity index (χ1n) is 6.61. The molecular formula is C18H19. The summed E-state index contributed by atoms with van der Waals surface area (Å²) in [5, 5.41) is 0. The highest BCUT2D eigenvalue weighted by molar-refractivity contribution is 5.64. The van der Waals surface area contributed by atoms with Gasteiger partial charge in [0.05, 0.1) is 0 Å². The monoisotopic (exact) mass is 235 g/mol. The molecule has 0 N–H and O–H groups in total. The van der Waals surface area contributed by atoms with E-state index in [1.54, 1.807) is 0 Å². The van der Waals surface area contributed by atoms with Gasteiger partial charge in [0.2, 0.25) is 0 Å². The second-order valence-corrected chi connectivity index (χ2v) is 5.67. The summed E-state index contributed by atoms with van der Waals surface area (Å²) in [5.74, 6) is 0.432. The number of rotatable bonds is 1. The molecule has 0 heterocycles. The van der Waals surface area contributed by atoms with E-state index in [1.165, 1.54) is 27.8 Å². The van der Waals surface area contributed by atoms with E-state index in [4.69, 9.17) is 0 Å². The molecule has 18 heavy (non-hydrogen) atoms. The van der Waals surface area contributed by atoms with Crippen LogP contribution in [-0.2, 0) is 0 Å². The summed E-state index contributed by atoms with van der Waals surface area (Å²) >= 11 is 0. The molecule has 0 heteroatoms. The molecule has 0 amide bonds. The minimum Gasteiger partial charge on any atom is -0.0752 e. The first-order valence-corrected chi connectivity index (χ1v) is 6.61. The van der Waals surface area contributed by atoms with E-state index < -0.39 is 0 Å². The van der Waals surface area contributed by atoms with Crippen molar-refractivity contribution in [3.63, 3.8) is 0 Å². The van der Waals surface area contributed by atoms with Gasteiger partial charge in [-0.1, -0.05) is 48.9 Å². The van der Waals surface area contributed by atoms with Crippen LogP contribution in [0.5, 0.6) is 0 Å². The highest BCUT2D eigenvalue weighted by atomic mass is 14.4. The molecule has 1 aromatic rings. The SMILES string of the molecule is CC1=[C]C(C)(C2C=Cc3ccccc32)C(C)=C1C. The predicted octanol–water partition coefficient (Wildman–Crippen LogP) is 4.90. The molecule has 0 spiro atoms. The fourth-order valence-electron chi connectivity index (χ4n) is 3.31. The van der Waals surface area contributed by atoms with Crippen molar-refractivity contribution in [1.82, 2.24) is 0 Å². The average Bonchev–Trinajstić information content (AvgIpc) is 2.87. The molecule has 0 bridgehead atoms. The molecule has 2 unspecified atom stereocenters. The summed E-state index contributed by atoms with van der Waals surface area (Å²) in [6.07, 6.45) is 8.30. The summed E-state index contributed by atoms with van der Waals surface area (Å²) in [5.41, 5.74) is 7.02. The van der Waals surface area contributed by atoms with Crippen LogP contribution in [0.4, 0.5) is 0 Å². The average molecular weight is 235 g/mol. The van der Waals surface area contributed by atoms with E-state index in [-0.39, 0.29) is 5.41 Å². The van der Waals surface area contributed by atoms with E-state index in [9.17, 15) is 0 Å². The normalized spacial score (nSPS) is 29.8. The third-order valence-corrected chi connectivity index (χ3v) is 4.77. The van der Waals surface area contributed by atoms with Crippen molar-refractivity contribution in [1.29, 1.82) is 0 Å². The Bertz CT molecular complexity index is 598. The van der Waals surface area contributed by atoms with E-state index in [0.717, 1.165) is 0 Å². The van der Waals surface area contributed by atoms with Gasteiger partial charge < -0.3 is 0 Å². The van der Waals surface area contributed by atoms with Crippen LogP contribution in [0.3, 0.4) is 0 Å². The summed E-state index contributed by atoms with van der Waals surface area (Å²) in [6.45, 7) is 8.97. The van der Waals surface area contributed by atoms with Crippen LogP contribution in [0.25, 0.3) is 6.08 Å². The zero-order chi connectivity index (χ0) is 12.9. The second kappa shape index (κ2) is 3.71. The Hall–Kier alpha value is -1.56. The Morgan fingerprint density at radius 2 is 1.83 bits per heavy atom. The van der Waals surface area contributed by atoms with Gasteiger partial charge in [-0.15, -0.1) is 0 Å².